The van der Waals surface area contributed by atoms with E-state index in [9.17, 15) is 18.0 Å². The summed E-state index contributed by atoms with van der Waals surface area (Å²) in [5, 5.41) is 17.4. The first-order chi connectivity index (χ1) is 22.4. The Morgan fingerprint density at radius 2 is 1.77 bits per heavy atom. The maximum absolute atomic E-state index is 12.6. The summed E-state index contributed by atoms with van der Waals surface area (Å²) < 4.78 is 55.4. The first-order valence-corrected chi connectivity index (χ1v) is 15.7. The predicted molar refractivity (Wildman–Crippen MR) is 173 cm³/mol. The van der Waals surface area contributed by atoms with E-state index in [1.165, 1.54) is 13.8 Å². The molecule has 0 fully saturated rings. The van der Waals surface area contributed by atoms with Crippen LogP contribution in [0.3, 0.4) is 0 Å². The lowest BCUT2D eigenvalue weighted by molar-refractivity contribution is -0.212. The third-order valence-corrected chi connectivity index (χ3v) is 8.45. The molecule has 12 heteroatoms. The number of halogens is 3. The van der Waals surface area contributed by atoms with Crippen molar-refractivity contribution < 1.29 is 32.2 Å². The Hall–Kier alpha value is -4.89. The fourth-order valence-electron chi connectivity index (χ4n) is 5.02. The van der Waals surface area contributed by atoms with Crippen LogP contribution in [0.15, 0.2) is 66.0 Å². The molecule has 0 aliphatic heterocycles. The molecule has 0 aliphatic rings. The molecule has 1 N–H and O–H groups in total. The van der Waals surface area contributed by atoms with Crippen LogP contribution in [0.4, 0.5) is 13.2 Å². The van der Waals surface area contributed by atoms with E-state index in [1.807, 2.05) is 56.3 Å². The molecule has 2 heterocycles. The van der Waals surface area contributed by atoms with Gasteiger partial charge in [0, 0.05) is 28.5 Å². The van der Waals surface area contributed by atoms with E-state index in [0.29, 0.717) is 24.6 Å². The number of tetrazole rings is 1. The average Bonchev–Trinajstić information content (AvgIpc) is 3.69. The van der Waals surface area contributed by atoms with E-state index in [2.05, 4.69) is 60.8 Å². The van der Waals surface area contributed by atoms with Crippen LogP contribution in [0.25, 0.3) is 21.2 Å². The second-order valence-electron chi connectivity index (χ2n) is 11.5. The zero-order valence-corrected chi connectivity index (χ0v) is 27.1. The fourth-order valence-corrected chi connectivity index (χ4v) is 5.96. The molecule has 0 amide bonds. The highest BCUT2D eigenvalue weighted by Crippen LogP contribution is 2.37. The number of aryl methyl sites for hydroxylation is 1. The second-order valence-corrected chi connectivity index (χ2v) is 12.5. The summed E-state index contributed by atoms with van der Waals surface area (Å²) >= 11 is 1.66. The lowest BCUT2D eigenvalue weighted by Crippen LogP contribution is -2.36. The van der Waals surface area contributed by atoms with E-state index < -0.39 is 17.7 Å². The van der Waals surface area contributed by atoms with Crippen molar-refractivity contribution in [1.82, 2.24) is 20.6 Å². The molecular formula is C35H33F3N4O4S. The van der Waals surface area contributed by atoms with Gasteiger partial charge in [0.15, 0.2) is 5.82 Å². The number of fused-ring (bicyclic) bond motifs is 1. The number of ether oxygens (including phenoxy) is 3. The van der Waals surface area contributed by atoms with Crippen molar-refractivity contribution in [3.63, 3.8) is 0 Å². The normalized spacial score (nSPS) is 12.3. The van der Waals surface area contributed by atoms with Crippen molar-refractivity contribution in [2.24, 2.45) is 0 Å². The SMILES string of the molecule is CC#CC(Cc1nn[nH]n1)c1ccc(OCc2ccc3scc(-c4ccc(OCCC(C)(C)OC(=O)C(F)(F)F)cc4C)c3c2)cc1. The fraction of sp³-hybridized carbons (Fsp3) is 0.314. The summed E-state index contributed by atoms with van der Waals surface area (Å²) in [4.78, 5) is 11.2. The number of benzene rings is 3. The topological polar surface area (TPSA) is 99.2 Å². The van der Waals surface area contributed by atoms with Crippen LogP contribution in [-0.4, -0.2) is 45.0 Å². The summed E-state index contributed by atoms with van der Waals surface area (Å²) in [5.74, 6) is 5.86. The molecule has 1 atom stereocenters. The molecule has 0 bridgehead atoms. The first-order valence-electron chi connectivity index (χ1n) is 14.8. The largest absolute Gasteiger partial charge is 0.493 e. The van der Waals surface area contributed by atoms with E-state index in [-0.39, 0.29) is 18.9 Å². The molecule has 47 heavy (non-hydrogen) atoms. The van der Waals surface area contributed by atoms with Gasteiger partial charge in [-0.1, -0.05) is 35.4 Å². The Morgan fingerprint density at radius 3 is 2.45 bits per heavy atom. The number of hydrogen-bond acceptors (Lipinski definition) is 8. The number of rotatable bonds is 12. The van der Waals surface area contributed by atoms with E-state index >= 15 is 0 Å². The van der Waals surface area contributed by atoms with Gasteiger partial charge in [-0.05, 0) is 91.7 Å². The van der Waals surface area contributed by atoms with Gasteiger partial charge in [0.05, 0.1) is 12.5 Å². The molecule has 2 aromatic heterocycles. The molecule has 5 aromatic rings. The Balaban J connectivity index is 1.22. The van der Waals surface area contributed by atoms with Gasteiger partial charge in [0.2, 0.25) is 0 Å². The van der Waals surface area contributed by atoms with Crippen LogP contribution < -0.4 is 9.47 Å². The molecule has 0 spiro atoms. The van der Waals surface area contributed by atoms with Crippen molar-refractivity contribution in [2.45, 2.75) is 64.8 Å². The van der Waals surface area contributed by atoms with E-state index in [4.69, 9.17) is 9.47 Å². The summed E-state index contributed by atoms with van der Waals surface area (Å²) in [7, 11) is 0. The Kier molecular flexibility index (Phi) is 10.2. The van der Waals surface area contributed by atoms with Crippen LogP contribution >= 0.6 is 11.3 Å². The quantitative estimate of drug-likeness (QED) is 0.107. The molecule has 0 radical (unpaired) electrons. The number of aromatic nitrogens is 4. The Bertz CT molecular complexity index is 1890. The zero-order valence-electron chi connectivity index (χ0n) is 26.3. The molecule has 3 aromatic carbocycles. The van der Waals surface area contributed by atoms with E-state index in [1.54, 1.807) is 11.3 Å². The summed E-state index contributed by atoms with van der Waals surface area (Å²) in [6.07, 6.45) is -4.39. The van der Waals surface area contributed by atoms with E-state index in [0.717, 1.165) is 43.7 Å². The summed E-state index contributed by atoms with van der Waals surface area (Å²) in [6, 6.07) is 19.9. The number of nitrogens with zero attached hydrogens (tertiary/aromatic N) is 3. The molecule has 8 nitrogen and oxygen atoms in total. The van der Waals surface area contributed by atoms with Crippen LogP contribution in [0.1, 0.15) is 55.6 Å². The number of H-pyrrole nitrogens is 1. The van der Waals surface area contributed by atoms with Crippen LogP contribution in [-0.2, 0) is 22.6 Å². The Labute approximate surface area is 274 Å². The molecule has 0 saturated carbocycles. The minimum atomic E-state index is -5.04. The molecular weight excluding hydrogens is 629 g/mol. The number of thiophene rings is 1. The van der Waals surface area contributed by atoms with Crippen molar-refractivity contribution >= 4 is 27.4 Å². The monoisotopic (exact) mass is 662 g/mol. The van der Waals surface area contributed by atoms with Gasteiger partial charge in [-0.25, -0.2) is 4.79 Å². The van der Waals surface area contributed by atoms with Gasteiger partial charge < -0.3 is 14.2 Å². The number of nitrogens with one attached hydrogen (secondary N) is 1. The van der Waals surface area contributed by atoms with Crippen molar-refractivity contribution in [3.8, 4) is 34.5 Å². The van der Waals surface area contributed by atoms with Crippen LogP contribution in [0, 0.1) is 18.8 Å². The number of carbonyl (C=O) groups excluding carboxylic acids is 1. The van der Waals surface area contributed by atoms with Gasteiger partial charge in [-0.15, -0.1) is 27.5 Å². The molecule has 0 aliphatic carbocycles. The van der Waals surface area contributed by atoms with Gasteiger partial charge in [0.25, 0.3) is 0 Å². The lowest BCUT2D eigenvalue weighted by atomic mass is 9.96. The smallest absolute Gasteiger partial charge is 0.490 e. The van der Waals surface area contributed by atoms with Crippen molar-refractivity contribution in [1.29, 1.82) is 0 Å². The third-order valence-electron chi connectivity index (χ3n) is 7.48. The van der Waals surface area contributed by atoms with Crippen molar-refractivity contribution in [3.05, 3.63) is 88.6 Å². The number of esters is 1. The van der Waals surface area contributed by atoms with Crippen molar-refractivity contribution in [2.75, 3.05) is 6.61 Å². The molecule has 5 rings (SSSR count). The number of alkyl halides is 3. The minimum Gasteiger partial charge on any atom is -0.493 e. The highest BCUT2D eigenvalue weighted by molar-refractivity contribution is 7.17. The highest BCUT2D eigenvalue weighted by atomic mass is 32.1. The lowest BCUT2D eigenvalue weighted by Gasteiger charge is -2.25. The number of hydrogen-bond donors (Lipinski definition) is 1. The summed E-state index contributed by atoms with van der Waals surface area (Å²) in [5.41, 5.74) is 3.86. The predicted octanol–water partition coefficient (Wildman–Crippen LogP) is 7.97. The van der Waals surface area contributed by atoms with Gasteiger partial charge in [-0.2, -0.15) is 18.4 Å². The van der Waals surface area contributed by atoms with Crippen LogP contribution in [0.2, 0.25) is 0 Å². The van der Waals surface area contributed by atoms with Gasteiger partial charge >= 0.3 is 12.1 Å². The minimum absolute atomic E-state index is 0.0551. The zero-order chi connectivity index (χ0) is 33.6. The number of aromatic amines is 1. The highest BCUT2D eigenvalue weighted by Gasteiger charge is 2.43. The molecule has 0 saturated heterocycles. The maximum atomic E-state index is 12.6. The Morgan fingerprint density at radius 1 is 1.00 bits per heavy atom. The van der Waals surface area contributed by atoms with Gasteiger partial charge in [-0.3, -0.25) is 0 Å². The number of carbonyl (C=O) groups is 1. The molecule has 1 unspecified atom stereocenters. The maximum Gasteiger partial charge on any atom is 0.490 e. The first kappa shape index (κ1) is 33.5. The second kappa shape index (κ2) is 14.3. The third kappa shape index (κ3) is 8.68. The van der Waals surface area contributed by atoms with Crippen LogP contribution in [0.5, 0.6) is 11.5 Å². The standard InChI is InChI=1S/C35H33F3N4O4S/c1-5-6-25(19-32-39-41-42-40-32)24-8-10-26(11-9-24)45-20-23-7-14-31-29(18-23)30(21-47-31)28-13-12-27(17-22(28)2)44-16-15-34(3,4)46-33(43)35(36,37)38/h7-14,17-18,21,25H,15-16,19-20H2,1-4H3,(H,39,40,41,42). The summed E-state index contributed by atoms with van der Waals surface area (Å²) in [6.45, 7) is 7.11. The average molecular weight is 663 g/mol. The molecule has 244 valence electrons. The van der Waals surface area contributed by atoms with Gasteiger partial charge in [0.1, 0.15) is 23.7 Å².